The molecule has 0 saturated carbocycles. The quantitative estimate of drug-likeness (QED) is 0.705. The molecule has 5 heteroatoms. The molecule has 0 aromatic heterocycles. The summed E-state index contributed by atoms with van der Waals surface area (Å²) in [6, 6.07) is 10.2. The Morgan fingerprint density at radius 3 is 2.54 bits per heavy atom. The van der Waals surface area contributed by atoms with Crippen LogP contribution in [0.25, 0.3) is 0 Å². The van der Waals surface area contributed by atoms with E-state index in [1.165, 1.54) is 0 Å². The number of aliphatic hydroxyl groups is 2. The third kappa shape index (κ3) is 4.05. The van der Waals surface area contributed by atoms with E-state index in [-0.39, 0.29) is 31.0 Å². The molecular formula is C23H33NO4. The van der Waals surface area contributed by atoms with Gasteiger partial charge in [0.15, 0.2) is 6.29 Å². The molecule has 2 aliphatic heterocycles. The fourth-order valence-electron chi connectivity index (χ4n) is 5.54. The Hall–Kier alpha value is -1.24. The van der Waals surface area contributed by atoms with E-state index in [0.717, 1.165) is 44.3 Å². The number of fused-ring (bicyclic) bond motifs is 1. The molecule has 1 aromatic carbocycles. The van der Waals surface area contributed by atoms with E-state index in [2.05, 4.69) is 29.2 Å². The van der Waals surface area contributed by atoms with Gasteiger partial charge in [-0.1, -0.05) is 42.5 Å². The molecule has 0 bridgehead atoms. The second-order valence-electron chi connectivity index (χ2n) is 8.58. The monoisotopic (exact) mass is 387 g/mol. The Morgan fingerprint density at radius 1 is 1.07 bits per heavy atom. The largest absolute Gasteiger partial charge is 0.396 e. The van der Waals surface area contributed by atoms with Gasteiger partial charge in [-0.2, -0.15) is 0 Å². The molecule has 2 heterocycles. The van der Waals surface area contributed by atoms with Crippen LogP contribution in [0.3, 0.4) is 0 Å². The van der Waals surface area contributed by atoms with Crippen LogP contribution in [0.4, 0.5) is 0 Å². The van der Waals surface area contributed by atoms with Crippen LogP contribution in [0.15, 0.2) is 42.5 Å². The van der Waals surface area contributed by atoms with Crippen LogP contribution < -0.4 is 0 Å². The van der Waals surface area contributed by atoms with Crippen LogP contribution in [0.2, 0.25) is 0 Å². The minimum atomic E-state index is -0.189. The average Bonchev–Trinajstić information content (AvgIpc) is 3.27. The topological polar surface area (TPSA) is 62.2 Å². The van der Waals surface area contributed by atoms with Gasteiger partial charge in [0.05, 0.1) is 32.5 Å². The number of ether oxygens (including phenoxy) is 2. The molecule has 4 rings (SSSR count). The Labute approximate surface area is 168 Å². The number of allylic oxidation sites excluding steroid dienone is 2. The number of piperidine rings is 1. The molecule has 1 aromatic rings. The molecule has 0 unspecified atom stereocenters. The van der Waals surface area contributed by atoms with Gasteiger partial charge >= 0.3 is 0 Å². The number of benzene rings is 1. The van der Waals surface area contributed by atoms with E-state index in [4.69, 9.17) is 9.47 Å². The fourth-order valence-corrected chi connectivity index (χ4v) is 5.54. The fraction of sp³-hybridized carbons (Fsp3) is 0.652. The van der Waals surface area contributed by atoms with Gasteiger partial charge in [-0.3, -0.25) is 4.90 Å². The van der Waals surface area contributed by atoms with Crippen LogP contribution >= 0.6 is 0 Å². The molecule has 0 amide bonds. The second kappa shape index (κ2) is 9.06. The Morgan fingerprint density at radius 2 is 1.82 bits per heavy atom. The minimum Gasteiger partial charge on any atom is -0.396 e. The zero-order valence-electron chi connectivity index (χ0n) is 16.6. The molecule has 2 N–H and O–H groups in total. The summed E-state index contributed by atoms with van der Waals surface area (Å²) in [5.41, 5.74) is 0.953. The highest BCUT2D eigenvalue weighted by molar-refractivity contribution is 5.20. The van der Waals surface area contributed by atoms with Crippen molar-refractivity contribution in [2.75, 3.05) is 39.5 Å². The van der Waals surface area contributed by atoms with Crippen molar-refractivity contribution in [1.29, 1.82) is 0 Å². The van der Waals surface area contributed by atoms with Gasteiger partial charge in [-0.25, -0.2) is 0 Å². The van der Waals surface area contributed by atoms with Crippen LogP contribution in [0, 0.1) is 17.3 Å². The number of hydrogen-bond acceptors (Lipinski definition) is 5. The van der Waals surface area contributed by atoms with Crippen molar-refractivity contribution in [3.63, 3.8) is 0 Å². The van der Waals surface area contributed by atoms with Crippen molar-refractivity contribution in [3.05, 3.63) is 48.0 Å². The Balaban J connectivity index is 1.58. The van der Waals surface area contributed by atoms with E-state index >= 15 is 0 Å². The predicted octanol–water partition coefficient (Wildman–Crippen LogP) is 2.75. The first-order valence-corrected chi connectivity index (χ1v) is 10.6. The Kier molecular flexibility index (Phi) is 6.48. The molecule has 1 aliphatic carbocycles. The molecule has 4 atom stereocenters. The summed E-state index contributed by atoms with van der Waals surface area (Å²) in [6.45, 7) is 3.35. The van der Waals surface area contributed by atoms with Crippen LogP contribution in [-0.4, -0.2) is 60.9 Å². The summed E-state index contributed by atoms with van der Waals surface area (Å²) in [5, 5.41) is 20.8. The van der Waals surface area contributed by atoms with Gasteiger partial charge in [-0.05, 0) is 43.1 Å². The minimum absolute atomic E-state index is 0.0297. The second-order valence-corrected chi connectivity index (χ2v) is 8.58. The predicted molar refractivity (Wildman–Crippen MR) is 108 cm³/mol. The van der Waals surface area contributed by atoms with E-state index < -0.39 is 0 Å². The third-order valence-corrected chi connectivity index (χ3v) is 7.02. The normalized spacial score (nSPS) is 32.4. The van der Waals surface area contributed by atoms with Crippen LogP contribution in [0.5, 0.6) is 0 Å². The highest BCUT2D eigenvalue weighted by Crippen LogP contribution is 2.49. The van der Waals surface area contributed by atoms with Crippen molar-refractivity contribution in [3.8, 4) is 0 Å². The lowest BCUT2D eigenvalue weighted by atomic mass is 9.60. The van der Waals surface area contributed by atoms with Gasteiger partial charge in [0.1, 0.15) is 0 Å². The number of rotatable bonds is 7. The third-order valence-electron chi connectivity index (χ3n) is 7.02. The molecule has 28 heavy (non-hydrogen) atoms. The molecule has 0 radical (unpaired) electrons. The molecule has 5 nitrogen and oxygen atoms in total. The van der Waals surface area contributed by atoms with Crippen LogP contribution in [0.1, 0.15) is 37.3 Å². The van der Waals surface area contributed by atoms with Gasteiger partial charge in [0, 0.05) is 18.5 Å². The van der Waals surface area contributed by atoms with E-state index in [1.54, 1.807) is 0 Å². The molecule has 3 aliphatic rings. The summed E-state index contributed by atoms with van der Waals surface area (Å²) >= 11 is 0. The number of aliphatic hydroxyl groups excluding tert-OH is 2. The number of hydrogen-bond donors (Lipinski definition) is 2. The maximum Gasteiger partial charge on any atom is 0.157 e. The smallest absolute Gasteiger partial charge is 0.157 e. The highest BCUT2D eigenvalue weighted by atomic mass is 16.7. The zero-order chi connectivity index (χ0) is 19.4. The van der Waals surface area contributed by atoms with E-state index in [0.29, 0.717) is 25.0 Å². The molecule has 2 fully saturated rings. The lowest BCUT2D eigenvalue weighted by Crippen LogP contribution is -2.57. The van der Waals surface area contributed by atoms with Gasteiger partial charge < -0.3 is 19.7 Å². The van der Waals surface area contributed by atoms with E-state index in [1.807, 2.05) is 18.2 Å². The first kappa shape index (κ1) is 20.0. The first-order chi connectivity index (χ1) is 13.8. The summed E-state index contributed by atoms with van der Waals surface area (Å²) in [6.07, 6.45) is 8.20. The summed E-state index contributed by atoms with van der Waals surface area (Å²) in [7, 11) is 0. The number of nitrogens with zero attached hydrogens (tertiary/aromatic N) is 1. The molecular weight excluding hydrogens is 354 g/mol. The molecule has 154 valence electrons. The number of likely N-dealkylation sites (tertiary alicyclic amines) is 1. The van der Waals surface area contributed by atoms with Crippen molar-refractivity contribution in [2.24, 2.45) is 17.3 Å². The maximum atomic E-state index is 10.6. The summed E-state index contributed by atoms with van der Waals surface area (Å²) in [4.78, 5) is 2.41. The van der Waals surface area contributed by atoms with Crippen molar-refractivity contribution >= 4 is 0 Å². The Bertz CT molecular complexity index is 645. The summed E-state index contributed by atoms with van der Waals surface area (Å²) < 4.78 is 11.3. The summed E-state index contributed by atoms with van der Waals surface area (Å²) in [5.74, 6) is 0.976. The molecule has 2 saturated heterocycles. The van der Waals surface area contributed by atoms with Crippen molar-refractivity contribution < 1.29 is 19.7 Å². The lowest BCUT2D eigenvalue weighted by molar-refractivity contribution is -0.103. The lowest BCUT2D eigenvalue weighted by Gasteiger charge is -2.54. The average molecular weight is 388 g/mol. The first-order valence-electron chi connectivity index (χ1n) is 10.6. The SMILES string of the molecule is OC[C@@H](c1ccccc1)N1C[C@H]2CC=CC[C@H]2[C@](CO)(CCC2OCCO2)C1. The van der Waals surface area contributed by atoms with Crippen molar-refractivity contribution in [1.82, 2.24) is 4.90 Å². The van der Waals surface area contributed by atoms with Gasteiger partial charge in [-0.15, -0.1) is 0 Å². The van der Waals surface area contributed by atoms with Gasteiger partial charge in [0.2, 0.25) is 0 Å². The standard InChI is InChI=1S/C23H33NO4/c25-15-21(18-6-2-1-3-7-18)24-14-19-8-4-5-9-20(19)23(16-24,17-26)11-10-22-27-12-13-28-22/h1-7,19-22,25-26H,8-17H2/t19-,20-,21+,23-/m1/s1. The van der Waals surface area contributed by atoms with Gasteiger partial charge in [0.25, 0.3) is 0 Å². The maximum absolute atomic E-state index is 10.6. The highest BCUT2D eigenvalue weighted by Gasteiger charge is 2.49. The van der Waals surface area contributed by atoms with Crippen LogP contribution in [-0.2, 0) is 9.47 Å². The van der Waals surface area contributed by atoms with Crippen molar-refractivity contribution in [2.45, 2.75) is 38.0 Å². The molecule has 0 spiro atoms. The van der Waals surface area contributed by atoms with E-state index in [9.17, 15) is 10.2 Å². The zero-order valence-corrected chi connectivity index (χ0v) is 16.6.